The van der Waals surface area contributed by atoms with Crippen LogP contribution in [0.3, 0.4) is 0 Å². The van der Waals surface area contributed by atoms with E-state index in [0.29, 0.717) is 37.0 Å². The van der Waals surface area contributed by atoms with Crippen molar-refractivity contribution >= 4 is 5.78 Å². The molecule has 6 heteroatoms. The van der Waals surface area contributed by atoms with Gasteiger partial charge >= 0.3 is 0 Å². The summed E-state index contributed by atoms with van der Waals surface area (Å²) < 4.78 is 13.2. The van der Waals surface area contributed by atoms with Gasteiger partial charge in [-0.15, -0.1) is 0 Å². The van der Waals surface area contributed by atoms with Crippen molar-refractivity contribution in [1.29, 1.82) is 10.5 Å². The Morgan fingerprint density at radius 3 is 1.73 bits per heavy atom. The van der Waals surface area contributed by atoms with Crippen LogP contribution >= 0.6 is 0 Å². The Morgan fingerprint density at radius 2 is 1.13 bits per heavy atom. The summed E-state index contributed by atoms with van der Waals surface area (Å²) in [5.41, 5.74) is 5.24. The largest absolute Gasteiger partial charge is 0.486 e. The van der Waals surface area contributed by atoms with E-state index in [1.165, 1.54) is 12.8 Å². The third-order valence-corrected chi connectivity index (χ3v) is 11.9. The van der Waals surface area contributed by atoms with Crippen LogP contribution < -0.4 is 9.47 Å². The molecule has 266 valence electrons. The lowest BCUT2D eigenvalue weighted by atomic mass is 9.68. The summed E-state index contributed by atoms with van der Waals surface area (Å²) >= 11 is 0. The molecule has 2 saturated carbocycles. The molecule has 0 bridgehead atoms. The topological polar surface area (TPSA) is 103 Å². The molecule has 3 atom stereocenters. The van der Waals surface area contributed by atoms with E-state index in [2.05, 4.69) is 48.5 Å². The number of hydrogen-bond acceptors (Lipinski definition) is 6. The first-order valence-electron chi connectivity index (χ1n) is 19.2. The highest BCUT2D eigenvalue weighted by Crippen LogP contribution is 2.52. The van der Waals surface area contributed by atoms with E-state index >= 15 is 0 Å². The van der Waals surface area contributed by atoms with E-state index in [9.17, 15) is 9.90 Å². The summed E-state index contributed by atoms with van der Waals surface area (Å²) in [7, 11) is 0. The zero-order chi connectivity index (χ0) is 36.0. The van der Waals surface area contributed by atoms with E-state index in [-0.39, 0.29) is 23.2 Å². The van der Waals surface area contributed by atoms with Crippen molar-refractivity contribution in [2.45, 2.75) is 107 Å². The Kier molecular flexibility index (Phi) is 10.8. The first-order valence-corrected chi connectivity index (χ1v) is 19.2. The number of carbonyl (C=O) groups excluding carboxylic acids is 1. The number of aliphatic hydroxyl groups excluding tert-OH is 1. The minimum atomic E-state index is -0.560. The standard InChI is InChI=1S/C23H25NO2.C23H23NO2/c2*24-15-7-10-20-22(25)19-12-11-18(17-8-3-1-4-9-17)16-21(19)26-23(20)13-5-2-6-14-23/h1,3-4,8-9,11-12,16,20,22,25H,2,5-7,10,13-14H2;1,3-4,8-9,11-12,16,20H,2,5-7,10,13-14H2. The molecule has 2 fully saturated rings. The fraction of sp³-hybridized carbons (Fsp3) is 0.413. The zero-order valence-corrected chi connectivity index (χ0v) is 29.9. The number of benzene rings is 4. The molecule has 4 aromatic carbocycles. The molecule has 0 aromatic heterocycles. The molecule has 3 unspecified atom stereocenters. The third kappa shape index (κ3) is 7.10. The molecular formula is C46H48N2O4. The Balaban J connectivity index is 0.000000162. The third-order valence-electron chi connectivity index (χ3n) is 11.9. The van der Waals surface area contributed by atoms with Crippen molar-refractivity contribution in [3.8, 4) is 45.9 Å². The van der Waals surface area contributed by atoms with Gasteiger partial charge in [-0.3, -0.25) is 4.79 Å². The lowest BCUT2D eigenvalue weighted by Gasteiger charge is -2.49. The molecule has 4 aliphatic rings. The minimum absolute atomic E-state index is 0.00229. The summed E-state index contributed by atoms with van der Waals surface area (Å²) in [6.45, 7) is 0. The minimum Gasteiger partial charge on any atom is -0.486 e. The summed E-state index contributed by atoms with van der Waals surface area (Å²) in [5, 5.41) is 29.2. The van der Waals surface area contributed by atoms with E-state index < -0.39 is 11.7 Å². The van der Waals surface area contributed by atoms with E-state index in [0.717, 1.165) is 84.9 Å². The second-order valence-corrected chi connectivity index (χ2v) is 15.0. The van der Waals surface area contributed by atoms with Gasteiger partial charge in [0.1, 0.15) is 22.7 Å². The Hall–Kier alpha value is -4.91. The van der Waals surface area contributed by atoms with Crippen molar-refractivity contribution in [2.75, 3.05) is 0 Å². The van der Waals surface area contributed by atoms with Crippen LogP contribution in [0, 0.1) is 34.5 Å². The smallest absolute Gasteiger partial charge is 0.173 e. The molecule has 8 rings (SSSR count). The van der Waals surface area contributed by atoms with Crippen LogP contribution in [0.15, 0.2) is 97.1 Å². The number of ketones is 1. The summed E-state index contributed by atoms with van der Waals surface area (Å²) in [4.78, 5) is 13.3. The maximum Gasteiger partial charge on any atom is 0.173 e. The Morgan fingerprint density at radius 1 is 0.615 bits per heavy atom. The summed E-state index contributed by atoms with van der Waals surface area (Å²) in [6, 6.07) is 36.9. The Bertz CT molecular complexity index is 1930. The van der Waals surface area contributed by atoms with E-state index in [1.54, 1.807) is 0 Å². The van der Waals surface area contributed by atoms with Gasteiger partial charge in [0.2, 0.25) is 0 Å². The molecule has 2 aliphatic carbocycles. The molecule has 52 heavy (non-hydrogen) atoms. The number of carbonyl (C=O) groups is 1. The van der Waals surface area contributed by atoms with Crippen LogP contribution in [-0.4, -0.2) is 22.1 Å². The maximum atomic E-state index is 13.3. The second-order valence-electron chi connectivity index (χ2n) is 15.0. The number of Topliss-reactive ketones (excluding diaryl/α,β-unsaturated/α-hetero) is 1. The van der Waals surface area contributed by atoms with Crippen molar-refractivity contribution < 1.29 is 19.4 Å². The average Bonchev–Trinajstić information content (AvgIpc) is 3.19. The first-order chi connectivity index (χ1) is 25.5. The van der Waals surface area contributed by atoms with Gasteiger partial charge in [0.05, 0.1) is 29.7 Å². The van der Waals surface area contributed by atoms with Crippen LogP contribution in [0.5, 0.6) is 11.5 Å². The zero-order valence-electron chi connectivity index (χ0n) is 29.9. The van der Waals surface area contributed by atoms with E-state index in [4.69, 9.17) is 20.0 Å². The molecule has 2 spiro atoms. The highest BCUT2D eigenvalue weighted by Gasteiger charge is 2.50. The molecule has 0 saturated heterocycles. The molecule has 4 aromatic rings. The fourth-order valence-corrected chi connectivity index (χ4v) is 9.28. The molecule has 0 amide bonds. The number of nitriles is 2. The number of nitrogens with zero attached hydrogens (tertiary/aromatic N) is 2. The fourth-order valence-electron chi connectivity index (χ4n) is 9.28. The van der Waals surface area contributed by atoms with Gasteiger partial charge < -0.3 is 14.6 Å². The van der Waals surface area contributed by atoms with Gasteiger partial charge in [0, 0.05) is 24.3 Å². The number of ether oxygens (including phenoxy) is 2. The van der Waals surface area contributed by atoms with Crippen molar-refractivity contribution in [2.24, 2.45) is 11.8 Å². The van der Waals surface area contributed by atoms with Crippen LogP contribution in [0.25, 0.3) is 22.3 Å². The van der Waals surface area contributed by atoms with Gasteiger partial charge in [0.25, 0.3) is 0 Å². The van der Waals surface area contributed by atoms with Crippen LogP contribution in [0.2, 0.25) is 0 Å². The van der Waals surface area contributed by atoms with Gasteiger partial charge in [-0.2, -0.15) is 10.5 Å². The van der Waals surface area contributed by atoms with Crippen LogP contribution in [-0.2, 0) is 0 Å². The first kappa shape index (κ1) is 35.5. The maximum absolute atomic E-state index is 13.3. The number of aliphatic hydroxyl groups is 1. The van der Waals surface area contributed by atoms with Crippen LogP contribution in [0.1, 0.15) is 112 Å². The monoisotopic (exact) mass is 692 g/mol. The molecule has 0 radical (unpaired) electrons. The Labute approximate surface area is 308 Å². The van der Waals surface area contributed by atoms with Gasteiger partial charge in [0.15, 0.2) is 5.78 Å². The van der Waals surface area contributed by atoms with Gasteiger partial charge in [-0.05, 0) is 105 Å². The molecule has 2 aliphatic heterocycles. The predicted molar refractivity (Wildman–Crippen MR) is 203 cm³/mol. The SMILES string of the molecule is N#CCCC1C(=O)c2ccc(-c3ccccc3)cc2OC12CCCCC2.N#CCCC1C(O)c2ccc(-c3ccccc3)cc2OC12CCCCC2. The predicted octanol–water partition coefficient (Wildman–Crippen LogP) is 11.0. The number of hydrogen-bond donors (Lipinski definition) is 1. The molecular weight excluding hydrogens is 645 g/mol. The van der Waals surface area contributed by atoms with Crippen LogP contribution in [0.4, 0.5) is 0 Å². The van der Waals surface area contributed by atoms with E-state index in [1.807, 2.05) is 60.7 Å². The van der Waals surface area contributed by atoms with Gasteiger partial charge in [-0.25, -0.2) is 0 Å². The lowest BCUT2D eigenvalue weighted by molar-refractivity contribution is -0.0984. The number of rotatable bonds is 6. The summed E-state index contributed by atoms with van der Waals surface area (Å²) in [6.07, 6.45) is 12.2. The lowest BCUT2D eigenvalue weighted by Crippen LogP contribution is -2.51. The summed E-state index contributed by atoms with van der Waals surface area (Å²) in [5.74, 6) is 1.48. The molecule has 1 N–H and O–H groups in total. The van der Waals surface area contributed by atoms with Crippen molar-refractivity contribution in [3.05, 3.63) is 108 Å². The highest BCUT2D eigenvalue weighted by molar-refractivity contribution is 6.02. The molecule has 2 heterocycles. The number of fused-ring (bicyclic) bond motifs is 2. The van der Waals surface area contributed by atoms with Crippen molar-refractivity contribution in [3.63, 3.8) is 0 Å². The van der Waals surface area contributed by atoms with Gasteiger partial charge in [-0.1, -0.05) is 91.7 Å². The van der Waals surface area contributed by atoms with Crippen molar-refractivity contribution in [1.82, 2.24) is 0 Å². The quantitative estimate of drug-likeness (QED) is 0.216. The normalized spacial score (nSPS) is 22.3. The highest BCUT2D eigenvalue weighted by atomic mass is 16.5. The second kappa shape index (κ2) is 15.8. The average molecular weight is 693 g/mol. The molecule has 6 nitrogen and oxygen atoms in total.